The minimum atomic E-state index is 0.0472. The number of aromatic nitrogens is 4. The molecule has 146 valence electrons. The number of amides is 1. The summed E-state index contributed by atoms with van der Waals surface area (Å²) in [6, 6.07) is 2.42. The number of hydrogen-bond donors (Lipinski definition) is 0. The Morgan fingerprint density at radius 3 is 2.68 bits per heavy atom. The summed E-state index contributed by atoms with van der Waals surface area (Å²) in [6.45, 7) is 7.41. The van der Waals surface area contributed by atoms with E-state index in [1.165, 1.54) is 6.33 Å². The number of anilines is 1. The van der Waals surface area contributed by atoms with Crippen LogP contribution in [0.15, 0.2) is 18.7 Å². The summed E-state index contributed by atoms with van der Waals surface area (Å²) in [6.07, 6.45) is 7.62. The van der Waals surface area contributed by atoms with Crippen molar-refractivity contribution in [3.05, 3.63) is 41.1 Å². The first-order chi connectivity index (χ1) is 13.5. The van der Waals surface area contributed by atoms with Crippen molar-refractivity contribution in [2.45, 2.75) is 52.6 Å². The van der Waals surface area contributed by atoms with Gasteiger partial charge in [-0.1, -0.05) is 0 Å². The number of nitriles is 1. The van der Waals surface area contributed by atoms with E-state index in [2.05, 4.69) is 31.1 Å². The normalized spacial score (nSPS) is 16.9. The second-order valence-corrected chi connectivity index (χ2v) is 7.19. The van der Waals surface area contributed by atoms with Crippen molar-refractivity contribution >= 4 is 11.7 Å². The summed E-state index contributed by atoms with van der Waals surface area (Å²) in [5.74, 6) is 0.697. The van der Waals surface area contributed by atoms with E-state index < -0.39 is 0 Å². The topological polar surface area (TPSA) is 98.9 Å². The molecular formula is C20H25N7O. The third-order valence-corrected chi connectivity index (χ3v) is 5.36. The fourth-order valence-corrected chi connectivity index (χ4v) is 3.66. The van der Waals surface area contributed by atoms with Crippen molar-refractivity contribution in [3.8, 4) is 6.07 Å². The second kappa shape index (κ2) is 8.74. The second-order valence-electron chi connectivity index (χ2n) is 7.19. The van der Waals surface area contributed by atoms with Crippen LogP contribution in [-0.4, -0.2) is 50.1 Å². The van der Waals surface area contributed by atoms with Crippen molar-refractivity contribution in [2.24, 2.45) is 0 Å². The van der Waals surface area contributed by atoms with E-state index >= 15 is 0 Å². The molecule has 1 amide bonds. The smallest absolute Gasteiger partial charge is 0.219 e. The molecule has 0 radical (unpaired) electrons. The Morgan fingerprint density at radius 2 is 2.00 bits per heavy atom. The molecule has 0 aliphatic carbocycles. The van der Waals surface area contributed by atoms with Crippen LogP contribution in [0.1, 0.15) is 48.6 Å². The summed E-state index contributed by atoms with van der Waals surface area (Å²) in [5.41, 5.74) is 3.17. The fourth-order valence-electron chi connectivity index (χ4n) is 3.66. The number of carbonyl (C=O) groups excluding carboxylic acids is 1. The van der Waals surface area contributed by atoms with Gasteiger partial charge in [0.25, 0.3) is 0 Å². The Hall–Kier alpha value is -3.08. The zero-order valence-corrected chi connectivity index (χ0v) is 16.6. The molecule has 1 atom stereocenters. The van der Waals surface area contributed by atoms with Crippen molar-refractivity contribution < 1.29 is 4.79 Å². The maximum absolute atomic E-state index is 12.3. The van der Waals surface area contributed by atoms with Crippen LogP contribution in [-0.2, 0) is 11.3 Å². The summed E-state index contributed by atoms with van der Waals surface area (Å²) >= 11 is 0. The minimum Gasteiger partial charge on any atom is -0.354 e. The summed E-state index contributed by atoms with van der Waals surface area (Å²) in [5, 5.41) is 18.1. The zero-order chi connectivity index (χ0) is 20.1. The van der Waals surface area contributed by atoms with Gasteiger partial charge in [-0.15, -0.1) is 5.10 Å². The fraction of sp³-hybridized carbons (Fsp3) is 0.500. The predicted molar refractivity (Wildman–Crippen MR) is 104 cm³/mol. The van der Waals surface area contributed by atoms with Gasteiger partial charge in [0.15, 0.2) is 5.82 Å². The van der Waals surface area contributed by atoms with Gasteiger partial charge < -0.3 is 9.80 Å². The number of nitrogens with zero attached hydrogens (tertiary/aromatic N) is 7. The maximum Gasteiger partial charge on any atom is 0.219 e. The highest BCUT2D eigenvalue weighted by Gasteiger charge is 2.27. The Kier molecular flexibility index (Phi) is 6.14. The molecule has 1 aliphatic rings. The number of hydrogen-bond acceptors (Lipinski definition) is 7. The van der Waals surface area contributed by atoms with Gasteiger partial charge >= 0.3 is 0 Å². The quantitative estimate of drug-likeness (QED) is 0.802. The summed E-state index contributed by atoms with van der Waals surface area (Å²) in [7, 11) is 0. The summed E-state index contributed by atoms with van der Waals surface area (Å²) < 4.78 is 0. The van der Waals surface area contributed by atoms with Gasteiger partial charge in [-0.2, -0.15) is 10.4 Å². The number of rotatable bonds is 4. The molecule has 0 unspecified atom stereocenters. The minimum absolute atomic E-state index is 0.0472. The average molecular weight is 379 g/mol. The van der Waals surface area contributed by atoms with Crippen LogP contribution in [0.4, 0.5) is 5.82 Å². The van der Waals surface area contributed by atoms with Gasteiger partial charge in [-0.05, 0) is 38.7 Å². The van der Waals surface area contributed by atoms with E-state index in [9.17, 15) is 10.1 Å². The van der Waals surface area contributed by atoms with E-state index in [0.717, 1.165) is 49.2 Å². The van der Waals surface area contributed by atoms with Gasteiger partial charge in [0, 0.05) is 50.6 Å². The molecule has 8 nitrogen and oxygen atoms in total. The van der Waals surface area contributed by atoms with Crippen LogP contribution in [0.3, 0.4) is 0 Å². The van der Waals surface area contributed by atoms with E-state index in [-0.39, 0.29) is 11.9 Å². The van der Waals surface area contributed by atoms with E-state index in [1.54, 1.807) is 19.3 Å². The monoisotopic (exact) mass is 379 g/mol. The van der Waals surface area contributed by atoms with E-state index in [4.69, 9.17) is 0 Å². The van der Waals surface area contributed by atoms with Crippen LogP contribution >= 0.6 is 0 Å². The van der Waals surface area contributed by atoms with Crippen LogP contribution in [0, 0.1) is 25.2 Å². The van der Waals surface area contributed by atoms with Crippen molar-refractivity contribution in [1.82, 2.24) is 25.1 Å². The van der Waals surface area contributed by atoms with Gasteiger partial charge in [0.2, 0.25) is 5.91 Å². The van der Waals surface area contributed by atoms with Crippen molar-refractivity contribution in [2.75, 3.05) is 18.0 Å². The lowest BCUT2D eigenvalue weighted by Crippen LogP contribution is -2.39. The third-order valence-electron chi connectivity index (χ3n) is 5.36. The molecule has 0 bridgehead atoms. The molecule has 0 aromatic carbocycles. The molecule has 3 rings (SSSR count). The van der Waals surface area contributed by atoms with Crippen molar-refractivity contribution in [1.29, 1.82) is 5.26 Å². The lowest BCUT2D eigenvalue weighted by Gasteiger charge is -2.30. The maximum atomic E-state index is 12.3. The van der Waals surface area contributed by atoms with Gasteiger partial charge in [0.1, 0.15) is 18.0 Å². The molecule has 0 spiro atoms. The highest BCUT2D eigenvalue weighted by atomic mass is 16.2. The SMILES string of the molecule is CC(=O)N(Cc1cncnc1)[C@@H]1CCCN(c2nnc(C)c(C)c2C#N)CC1. The Labute approximate surface area is 165 Å². The molecule has 0 saturated carbocycles. The zero-order valence-electron chi connectivity index (χ0n) is 16.6. The molecule has 1 saturated heterocycles. The van der Waals surface area contributed by atoms with Gasteiger partial charge in [0.05, 0.1) is 5.69 Å². The predicted octanol–water partition coefficient (Wildman–Crippen LogP) is 2.16. The third kappa shape index (κ3) is 4.25. The van der Waals surface area contributed by atoms with Crippen LogP contribution in [0.25, 0.3) is 0 Å². The van der Waals surface area contributed by atoms with Crippen LogP contribution in [0.5, 0.6) is 0 Å². The van der Waals surface area contributed by atoms with Gasteiger partial charge in [-0.25, -0.2) is 9.97 Å². The lowest BCUT2D eigenvalue weighted by molar-refractivity contribution is -0.132. The van der Waals surface area contributed by atoms with E-state index in [1.807, 2.05) is 18.7 Å². The first kappa shape index (κ1) is 19.7. The first-order valence-corrected chi connectivity index (χ1v) is 9.51. The highest BCUT2D eigenvalue weighted by Crippen LogP contribution is 2.26. The Bertz CT molecular complexity index is 878. The van der Waals surface area contributed by atoms with Crippen LogP contribution in [0.2, 0.25) is 0 Å². The first-order valence-electron chi connectivity index (χ1n) is 9.51. The molecule has 28 heavy (non-hydrogen) atoms. The van der Waals surface area contributed by atoms with Crippen LogP contribution < -0.4 is 4.90 Å². The standard InChI is InChI=1S/C20H25N7O/c1-14-15(2)24-25-20(19(14)9-21)26-7-4-5-18(6-8-26)27(16(3)28)12-17-10-22-13-23-11-17/h10-11,13,18H,4-8,12H2,1-3H3/t18-/m1/s1. The van der Waals surface area contributed by atoms with E-state index in [0.29, 0.717) is 17.9 Å². The largest absolute Gasteiger partial charge is 0.354 e. The molecule has 1 fully saturated rings. The van der Waals surface area contributed by atoms with Crippen molar-refractivity contribution in [3.63, 3.8) is 0 Å². The highest BCUT2D eigenvalue weighted by molar-refractivity contribution is 5.73. The number of aryl methyl sites for hydroxylation is 1. The Morgan fingerprint density at radius 1 is 1.25 bits per heavy atom. The molecule has 3 heterocycles. The number of carbonyl (C=O) groups is 1. The molecule has 2 aromatic heterocycles. The summed E-state index contributed by atoms with van der Waals surface area (Å²) in [4.78, 5) is 24.4. The average Bonchev–Trinajstić information content (AvgIpc) is 2.94. The molecule has 2 aromatic rings. The molecular weight excluding hydrogens is 354 g/mol. The Balaban J connectivity index is 1.76. The molecule has 8 heteroatoms. The van der Waals surface area contributed by atoms with Gasteiger partial charge in [-0.3, -0.25) is 4.79 Å². The molecule has 0 N–H and O–H groups in total. The molecule has 1 aliphatic heterocycles. The lowest BCUT2D eigenvalue weighted by atomic mass is 10.1.